The van der Waals surface area contributed by atoms with Crippen LogP contribution in [0.4, 0.5) is 0 Å². The van der Waals surface area contributed by atoms with Gasteiger partial charge in [0.15, 0.2) is 0 Å². The van der Waals surface area contributed by atoms with Crippen molar-refractivity contribution in [3.8, 4) is 11.5 Å². The summed E-state index contributed by atoms with van der Waals surface area (Å²) in [6, 6.07) is 17.2. The number of rotatable bonds is 4. The van der Waals surface area contributed by atoms with Crippen LogP contribution in [0.15, 0.2) is 54.6 Å². The number of esters is 1. The Morgan fingerprint density at radius 3 is 2.30 bits per heavy atom. The lowest BCUT2D eigenvalue weighted by Gasteiger charge is -2.05. The molecule has 0 aromatic heterocycles. The zero-order valence-electron chi connectivity index (χ0n) is 11.3. The smallest absolute Gasteiger partial charge is 0.314 e. The van der Waals surface area contributed by atoms with E-state index in [1.54, 1.807) is 31.4 Å². The third-order valence-corrected chi connectivity index (χ3v) is 3.60. The summed E-state index contributed by atoms with van der Waals surface area (Å²) < 4.78 is 10.5. The normalized spacial score (nSPS) is 20.2. The Balaban J connectivity index is 1.61. The molecule has 1 saturated carbocycles. The average molecular weight is 268 g/mol. The fourth-order valence-corrected chi connectivity index (χ4v) is 2.36. The van der Waals surface area contributed by atoms with Crippen molar-refractivity contribution < 1.29 is 14.3 Å². The Kier molecular flexibility index (Phi) is 3.42. The van der Waals surface area contributed by atoms with Gasteiger partial charge in [-0.2, -0.15) is 0 Å². The summed E-state index contributed by atoms with van der Waals surface area (Å²) in [6.07, 6.45) is 0.874. The van der Waals surface area contributed by atoms with Crippen LogP contribution >= 0.6 is 0 Å². The van der Waals surface area contributed by atoms with E-state index in [1.807, 2.05) is 18.2 Å². The van der Waals surface area contributed by atoms with E-state index >= 15 is 0 Å². The molecule has 0 radical (unpaired) electrons. The van der Waals surface area contributed by atoms with Crippen molar-refractivity contribution >= 4 is 5.97 Å². The molecule has 0 N–H and O–H groups in total. The Bertz CT molecular complexity index is 589. The van der Waals surface area contributed by atoms with Gasteiger partial charge in [-0.05, 0) is 42.2 Å². The molecule has 0 unspecified atom stereocenters. The van der Waals surface area contributed by atoms with E-state index < -0.39 is 0 Å². The van der Waals surface area contributed by atoms with Gasteiger partial charge in [0.25, 0.3) is 0 Å². The number of ether oxygens (including phenoxy) is 2. The van der Waals surface area contributed by atoms with Crippen LogP contribution in [0.2, 0.25) is 0 Å². The zero-order valence-corrected chi connectivity index (χ0v) is 11.3. The van der Waals surface area contributed by atoms with Crippen molar-refractivity contribution in [3.63, 3.8) is 0 Å². The lowest BCUT2D eigenvalue weighted by molar-refractivity contribution is -0.135. The molecule has 2 atom stereocenters. The topological polar surface area (TPSA) is 35.5 Å². The molecule has 0 aliphatic heterocycles. The highest BCUT2D eigenvalue weighted by Gasteiger charge is 2.45. The Labute approximate surface area is 118 Å². The number of benzene rings is 2. The fraction of sp³-hybridized carbons (Fsp3) is 0.235. The summed E-state index contributed by atoms with van der Waals surface area (Å²) in [7, 11) is 1.61. The Hall–Kier alpha value is -2.29. The molecule has 0 saturated heterocycles. The van der Waals surface area contributed by atoms with E-state index in [0.29, 0.717) is 11.7 Å². The molecule has 1 aliphatic rings. The molecule has 1 fully saturated rings. The van der Waals surface area contributed by atoms with Gasteiger partial charge in [-0.25, -0.2) is 0 Å². The SMILES string of the molecule is COc1ccc(OC(=O)[C@H]2C[C@@H]2c2ccccc2)cc1. The summed E-state index contributed by atoms with van der Waals surface area (Å²) in [5.41, 5.74) is 1.21. The van der Waals surface area contributed by atoms with Crippen molar-refractivity contribution in [1.29, 1.82) is 0 Å². The van der Waals surface area contributed by atoms with E-state index in [4.69, 9.17) is 9.47 Å². The van der Waals surface area contributed by atoms with Crippen molar-refractivity contribution in [2.45, 2.75) is 12.3 Å². The lowest BCUT2D eigenvalue weighted by Crippen LogP contribution is -2.11. The number of methoxy groups -OCH3 is 1. The molecule has 20 heavy (non-hydrogen) atoms. The predicted octanol–water partition coefficient (Wildman–Crippen LogP) is 3.40. The Morgan fingerprint density at radius 2 is 1.65 bits per heavy atom. The maximum atomic E-state index is 12.1. The quantitative estimate of drug-likeness (QED) is 0.629. The third-order valence-electron chi connectivity index (χ3n) is 3.60. The van der Waals surface area contributed by atoms with E-state index in [9.17, 15) is 4.79 Å². The first kappa shape index (κ1) is 12.7. The molecule has 3 heteroatoms. The van der Waals surface area contributed by atoms with Crippen LogP contribution in [0.25, 0.3) is 0 Å². The highest BCUT2D eigenvalue weighted by Crippen LogP contribution is 2.48. The van der Waals surface area contributed by atoms with Crippen molar-refractivity contribution in [2.75, 3.05) is 7.11 Å². The van der Waals surface area contributed by atoms with Gasteiger partial charge in [-0.15, -0.1) is 0 Å². The van der Waals surface area contributed by atoms with Crippen molar-refractivity contribution in [2.24, 2.45) is 5.92 Å². The summed E-state index contributed by atoms with van der Waals surface area (Å²) in [5.74, 6) is 1.46. The van der Waals surface area contributed by atoms with Crippen LogP contribution in [0.1, 0.15) is 17.9 Å². The predicted molar refractivity (Wildman–Crippen MR) is 75.9 cm³/mol. The van der Waals surface area contributed by atoms with E-state index in [2.05, 4.69) is 12.1 Å². The van der Waals surface area contributed by atoms with Crippen LogP contribution in [-0.2, 0) is 4.79 Å². The summed E-state index contributed by atoms with van der Waals surface area (Å²) in [6.45, 7) is 0. The summed E-state index contributed by atoms with van der Waals surface area (Å²) in [4.78, 5) is 12.1. The van der Waals surface area contributed by atoms with Gasteiger partial charge < -0.3 is 9.47 Å². The zero-order chi connectivity index (χ0) is 13.9. The van der Waals surface area contributed by atoms with Gasteiger partial charge in [0.1, 0.15) is 11.5 Å². The molecule has 0 bridgehead atoms. The third kappa shape index (κ3) is 2.67. The van der Waals surface area contributed by atoms with Crippen LogP contribution in [0, 0.1) is 5.92 Å². The molecule has 1 aliphatic carbocycles. The molecule has 2 aromatic carbocycles. The standard InChI is InChI=1S/C17H16O3/c1-19-13-7-9-14(10-8-13)20-17(18)16-11-15(16)12-5-3-2-4-6-12/h2-10,15-16H,11H2,1H3/t15-,16+/m1/s1. The van der Waals surface area contributed by atoms with Crippen LogP contribution < -0.4 is 9.47 Å². The van der Waals surface area contributed by atoms with Gasteiger partial charge in [-0.3, -0.25) is 4.79 Å². The van der Waals surface area contributed by atoms with Crippen LogP contribution in [-0.4, -0.2) is 13.1 Å². The lowest BCUT2D eigenvalue weighted by atomic mass is 10.1. The Morgan fingerprint density at radius 1 is 1.00 bits per heavy atom. The number of hydrogen-bond acceptors (Lipinski definition) is 3. The number of hydrogen-bond donors (Lipinski definition) is 0. The molecule has 0 amide bonds. The van der Waals surface area contributed by atoms with Crippen LogP contribution in [0.3, 0.4) is 0 Å². The second-order valence-corrected chi connectivity index (χ2v) is 4.96. The highest BCUT2D eigenvalue weighted by molar-refractivity contribution is 5.79. The first-order chi connectivity index (χ1) is 9.78. The van der Waals surface area contributed by atoms with Gasteiger partial charge in [-0.1, -0.05) is 30.3 Å². The molecule has 0 heterocycles. The minimum absolute atomic E-state index is 0.0144. The summed E-state index contributed by atoms with van der Waals surface area (Å²) in [5, 5.41) is 0. The second kappa shape index (κ2) is 5.37. The molecular weight excluding hydrogens is 252 g/mol. The van der Waals surface area contributed by atoms with E-state index in [0.717, 1.165) is 12.2 Å². The molecule has 3 nitrogen and oxygen atoms in total. The maximum absolute atomic E-state index is 12.1. The summed E-state index contributed by atoms with van der Waals surface area (Å²) >= 11 is 0. The van der Waals surface area contributed by atoms with Crippen molar-refractivity contribution in [3.05, 3.63) is 60.2 Å². The maximum Gasteiger partial charge on any atom is 0.314 e. The molecule has 2 aromatic rings. The fourth-order valence-electron chi connectivity index (χ4n) is 2.36. The molecule has 102 valence electrons. The van der Waals surface area contributed by atoms with E-state index in [-0.39, 0.29) is 11.9 Å². The second-order valence-electron chi connectivity index (χ2n) is 4.96. The highest BCUT2D eigenvalue weighted by atomic mass is 16.5. The monoisotopic (exact) mass is 268 g/mol. The number of carbonyl (C=O) groups is 1. The minimum atomic E-state index is -0.149. The van der Waals surface area contributed by atoms with Gasteiger partial charge >= 0.3 is 5.97 Å². The van der Waals surface area contributed by atoms with E-state index in [1.165, 1.54) is 5.56 Å². The minimum Gasteiger partial charge on any atom is -0.497 e. The molecule has 3 rings (SSSR count). The average Bonchev–Trinajstić information content (AvgIpc) is 3.29. The molecular formula is C17H16O3. The number of carbonyl (C=O) groups excluding carboxylic acids is 1. The van der Waals surface area contributed by atoms with Gasteiger partial charge in [0.05, 0.1) is 13.0 Å². The van der Waals surface area contributed by atoms with Gasteiger partial charge in [0.2, 0.25) is 0 Å². The first-order valence-electron chi connectivity index (χ1n) is 6.68. The largest absolute Gasteiger partial charge is 0.497 e. The van der Waals surface area contributed by atoms with Crippen molar-refractivity contribution in [1.82, 2.24) is 0 Å². The van der Waals surface area contributed by atoms with Gasteiger partial charge in [0, 0.05) is 0 Å². The molecule has 0 spiro atoms. The first-order valence-corrected chi connectivity index (χ1v) is 6.68. The van der Waals surface area contributed by atoms with Crippen LogP contribution in [0.5, 0.6) is 11.5 Å².